The van der Waals surface area contributed by atoms with E-state index in [2.05, 4.69) is 10.3 Å². The molecule has 1 aromatic rings. The van der Waals surface area contributed by atoms with Gasteiger partial charge in [-0.15, -0.1) is 0 Å². The van der Waals surface area contributed by atoms with Crippen molar-refractivity contribution >= 4 is 10.0 Å². The molecule has 0 amide bonds. The zero-order chi connectivity index (χ0) is 12.9. The lowest BCUT2D eigenvalue weighted by molar-refractivity contribution is 0.451. The molecule has 6 heteroatoms. The van der Waals surface area contributed by atoms with Crippen LogP contribution in [0.5, 0.6) is 0 Å². The first-order valence-electron chi connectivity index (χ1n) is 5.48. The Morgan fingerprint density at radius 3 is 2.71 bits per heavy atom. The Balaban J connectivity index is 2.73. The molecule has 1 heterocycles. The molecule has 5 nitrogen and oxygen atoms in total. The lowest BCUT2D eigenvalue weighted by Crippen LogP contribution is -2.39. The summed E-state index contributed by atoms with van der Waals surface area (Å²) in [6.45, 7) is 2.44. The first-order chi connectivity index (χ1) is 7.98. The Hall–Kier alpha value is -0.980. The number of hydrogen-bond donors (Lipinski definition) is 1. The molecule has 1 N–H and O–H groups in total. The van der Waals surface area contributed by atoms with Crippen LogP contribution < -0.4 is 5.32 Å². The zero-order valence-corrected chi connectivity index (χ0v) is 11.2. The number of nitrogens with zero attached hydrogens (tertiary/aromatic N) is 2. The van der Waals surface area contributed by atoms with Crippen LogP contribution in [-0.2, 0) is 16.6 Å². The van der Waals surface area contributed by atoms with E-state index in [9.17, 15) is 8.42 Å². The van der Waals surface area contributed by atoms with Gasteiger partial charge in [-0.3, -0.25) is 4.98 Å². The maximum absolute atomic E-state index is 12.1. The van der Waals surface area contributed by atoms with E-state index in [0.717, 1.165) is 5.69 Å². The van der Waals surface area contributed by atoms with Crippen LogP contribution >= 0.6 is 0 Å². The Labute approximate surface area is 103 Å². The molecule has 0 spiro atoms. The largest absolute Gasteiger partial charge is 0.318 e. The lowest BCUT2D eigenvalue weighted by Gasteiger charge is -2.21. The highest BCUT2D eigenvalue weighted by Gasteiger charge is 2.25. The van der Waals surface area contributed by atoms with Gasteiger partial charge < -0.3 is 5.32 Å². The van der Waals surface area contributed by atoms with Crippen LogP contribution in [0.2, 0.25) is 0 Å². The third-order valence-electron chi connectivity index (χ3n) is 2.55. The van der Waals surface area contributed by atoms with Gasteiger partial charge in [-0.25, -0.2) is 8.42 Å². The number of hydrogen-bond acceptors (Lipinski definition) is 4. The van der Waals surface area contributed by atoms with Crippen molar-refractivity contribution in [2.75, 3.05) is 20.6 Å². The highest BCUT2D eigenvalue weighted by atomic mass is 32.2. The fourth-order valence-corrected chi connectivity index (χ4v) is 2.81. The molecule has 0 fully saturated rings. The lowest BCUT2D eigenvalue weighted by atomic mass is 10.3. The predicted molar refractivity (Wildman–Crippen MR) is 68.0 cm³/mol. The summed E-state index contributed by atoms with van der Waals surface area (Å²) in [5.41, 5.74) is 0.746. The highest BCUT2D eigenvalue weighted by molar-refractivity contribution is 7.89. The van der Waals surface area contributed by atoms with Crippen LogP contribution in [0.3, 0.4) is 0 Å². The topological polar surface area (TPSA) is 62.3 Å². The van der Waals surface area contributed by atoms with Gasteiger partial charge in [0.05, 0.1) is 17.5 Å². The number of nitrogens with one attached hydrogen (secondary N) is 1. The van der Waals surface area contributed by atoms with Gasteiger partial charge in [-0.2, -0.15) is 4.31 Å². The highest BCUT2D eigenvalue weighted by Crippen LogP contribution is 2.09. The molecular formula is C11H19N3O2S. The summed E-state index contributed by atoms with van der Waals surface area (Å²) in [4.78, 5) is 4.12. The summed E-state index contributed by atoms with van der Waals surface area (Å²) < 4.78 is 25.5. The van der Waals surface area contributed by atoms with Crippen LogP contribution in [-0.4, -0.2) is 43.6 Å². The second-order valence-corrected chi connectivity index (χ2v) is 6.45. The fraction of sp³-hybridized carbons (Fsp3) is 0.545. The molecule has 1 atom stereocenters. The average molecular weight is 257 g/mol. The summed E-state index contributed by atoms with van der Waals surface area (Å²) in [6, 6.07) is 5.47. The standard InChI is InChI=1S/C11H19N3O2S/c1-10(8-12-2)17(15,16)14(3)9-11-6-4-5-7-13-11/h4-7,10,12H,8-9H2,1-3H3. The van der Waals surface area contributed by atoms with Gasteiger partial charge in [0, 0.05) is 19.8 Å². The zero-order valence-electron chi connectivity index (χ0n) is 10.4. The van der Waals surface area contributed by atoms with Crippen molar-refractivity contribution in [3.63, 3.8) is 0 Å². The van der Waals surface area contributed by atoms with Crippen LogP contribution in [0.15, 0.2) is 24.4 Å². The van der Waals surface area contributed by atoms with Crippen LogP contribution in [0.4, 0.5) is 0 Å². The van der Waals surface area contributed by atoms with Gasteiger partial charge in [-0.05, 0) is 26.1 Å². The number of pyridine rings is 1. The Morgan fingerprint density at radius 1 is 1.47 bits per heavy atom. The predicted octanol–water partition coefficient (Wildman–Crippen LogP) is 0.451. The maximum atomic E-state index is 12.1. The van der Waals surface area contributed by atoms with E-state index in [-0.39, 0.29) is 0 Å². The van der Waals surface area contributed by atoms with Gasteiger partial charge >= 0.3 is 0 Å². The summed E-state index contributed by atoms with van der Waals surface area (Å²) in [6.07, 6.45) is 1.66. The molecule has 1 unspecified atom stereocenters. The minimum atomic E-state index is -3.27. The molecule has 17 heavy (non-hydrogen) atoms. The van der Waals surface area contributed by atoms with E-state index in [1.165, 1.54) is 4.31 Å². The van der Waals surface area contributed by atoms with Gasteiger partial charge in [0.15, 0.2) is 0 Å². The third kappa shape index (κ3) is 3.76. The first kappa shape index (κ1) is 14.1. The quantitative estimate of drug-likeness (QED) is 0.804. The summed E-state index contributed by atoms with van der Waals surface area (Å²) in [5.74, 6) is 0. The monoisotopic (exact) mass is 257 g/mol. The molecule has 0 aliphatic rings. The second kappa shape index (κ2) is 6.09. The number of rotatable bonds is 6. The van der Waals surface area contributed by atoms with Crippen molar-refractivity contribution in [1.29, 1.82) is 0 Å². The van der Waals surface area contributed by atoms with Crippen molar-refractivity contribution < 1.29 is 8.42 Å². The molecule has 1 rings (SSSR count). The summed E-state index contributed by atoms with van der Waals surface area (Å²) in [5, 5.41) is 2.43. The molecule has 0 aliphatic heterocycles. The fourth-order valence-electron chi connectivity index (χ4n) is 1.51. The van der Waals surface area contributed by atoms with Crippen LogP contribution in [0.1, 0.15) is 12.6 Å². The first-order valence-corrected chi connectivity index (χ1v) is 6.98. The molecule has 0 bridgehead atoms. The van der Waals surface area contributed by atoms with Crippen molar-refractivity contribution in [2.45, 2.75) is 18.7 Å². The smallest absolute Gasteiger partial charge is 0.218 e. The maximum Gasteiger partial charge on any atom is 0.218 e. The number of aromatic nitrogens is 1. The van der Waals surface area contributed by atoms with Crippen molar-refractivity contribution in [3.05, 3.63) is 30.1 Å². The molecule has 1 aromatic heterocycles. The van der Waals surface area contributed by atoms with Crippen LogP contribution in [0.25, 0.3) is 0 Å². The van der Waals surface area contributed by atoms with E-state index in [1.54, 1.807) is 27.2 Å². The molecule has 0 saturated carbocycles. The van der Waals surface area contributed by atoms with Crippen molar-refractivity contribution in [1.82, 2.24) is 14.6 Å². The van der Waals surface area contributed by atoms with E-state index in [1.807, 2.05) is 18.2 Å². The van der Waals surface area contributed by atoms with Gasteiger partial charge in [-0.1, -0.05) is 6.07 Å². The second-order valence-electron chi connectivity index (χ2n) is 3.99. The Bertz CT molecular complexity index is 433. The van der Waals surface area contributed by atoms with E-state index < -0.39 is 15.3 Å². The van der Waals surface area contributed by atoms with E-state index >= 15 is 0 Å². The van der Waals surface area contributed by atoms with Crippen molar-refractivity contribution in [3.8, 4) is 0 Å². The van der Waals surface area contributed by atoms with Gasteiger partial charge in [0.25, 0.3) is 0 Å². The number of sulfonamides is 1. The minimum Gasteiger partial charge on any atom is -0.318 e. The summed E-state index contributed by atoms with van der Waals surface area (Å²) >= 11 is 0. The normalized spacial score (nSPS) is 13.9. The minimum absolute atomic E-state index is 0.303. The molecule has 96 valence electrons. The summed E-state index contributed by atoms with van der Waals surface area (Å²) in [7, 11) is 0.0519. The van der Waals surface area contributed by atoms with Crippen molar-refractivity contribution in [2.24, 2.45) is 0 Å². The van der Waals surface area contributed by atoms with E-state index in [4.69, 9.17) is 0 Å². The van der Waals surface area contributed by atoms with Gasteiger partial charge in [0.2, 0.25) is 10.0 Å². The molecule has 0 saturated heterocycles. The molecule has 0 aromatic carbocycles. The average Bonchev–Trinajstić information content (AvgIpc) is 2.30. The Morgan fingerprint density at radius 2 is 2.18 bits per heavy atom. The molecular weight excluding hydrogens is 238 g/mol. The van der Waals surface area contributed by atoms with Crippen LogP contribution in [0, 0.1) is 0 Å². The van der Waals surface area contributed by atoms with Gasteiger partial charge in [0.1, 0.15) is 0 Å². The Kier molecular flexibility index (Phi) is 5.04. The molecule has 0 radical (unpaired) electrons. The molecule has 0 aliphatic carbocycles. The van der Waals surface area contributed by atoms with E-state index in [0.29, 0.717) is 13.1 Å². The third-order valence-corrected chi connectivity index (χ3v) is 4.73. The SMILES string of the molecule is CNCC(C)S(=O)(=O)N(C)Cc1ccccn1.